The SMILES string of the molecule is CCCN(C(C)=O)[C@@H](C)C(=O)N[C@@H](C)C(=O)NCC(=O)N[C@@H](CCc1ccccc1)C(=O)N[C@@H](CCCCN=C(N)N)C(=O)Nc1ccc(C[C@@H](N)C(=O)NNC(=O)CCCCCNC(C)=O)cc1. The Labute approximate surface area is 404 Å². The van der Waals surface area contributed by atoms with Gasteiger partial charge in [0.25, 0.3) is 5.91 Å². The molecule has 0 saturated carbocycles. The van der Waals surface area contributed by atoms with E-state index in [2.05, 4.69) is 47.7 Å². The minimum atomic E-state index is -1.14. The molecule has 0 heterocycles. The minimum Gasteiger partial charge on any atom is -0.370 e. The van der Waals surface area contributed by atoms with E-state index in [1.165, 1.54) is 25.7 Å². The summed E-state index contributed by atoms with van der Waals surface area (Å²) in [5.74, 6) is -4.56. The van der Waals surface area contributed by atoms with Crippen molar-refractivity contribution in [2.24, 2.45) is 22.2 Å². The van der Waals surface area contributed by atoms with Crippen molar-refractivity contribution in [1.82, 2.24) is 42.3 Å². The van der Waals surface area contributed by atoms with Gasteiger partial charge in [0, 0.05) is 45.6 Å². The Morgan fingerprint density at radius 1 is 0.667 bits per heavy atom. The number of hydrazine groups is 1. The van der Waals surface area contributed by atoms with Gasteiger partial charge in [-0.1, -0.05) is 55.8 Å². The molecule has 0 aliphatic rings. The van der Waals surface area contributed by atoms with Crippen molar-refractivity contribution in [2.75, 3.05) is 31.5 Å². The van der Waals surface area contributed by atoms with Crippen LogP contribution in [0.15, 0.2) is 59.6 Å². The molecule has 380 valence electrons. The molecule has 9 amide bonds. The van der Waals surface area contributed by atoms with Crippen LogP contribution in [0.4, 0.5) is 5.69 Å². The number of nitrogens with one attached hydrogen (secondary N) is 8. The number of amides is 9. The second-order valence-corrected chi connectivity index (χ2v) is 16.7. The van der Waals surface area contributed by atoms with Crippen LogP contribution in [0.1, 0.15) is 104 Å². The molecule has 14 N–H and O–H groups in total. The molecule has 0 bridgehead atoms. The van der Waals surface area contributed by atoms with E-state index in [4.69, 9.17) is 17.2 Å². The molecule has 0 radical (unpaired) electrons. The Morgan fingerprint density at radius 3 is 1.99 bits per heavy atom. The smallest absolute Gasteiger partial charge is 0.255 e. The molecule has 0 fully saturated rings. The molecule has 22 nitrogen and oxygen atoms in total. The lowest BCUT2D eigenvalue weighted by molar-refractivity contribution is -0.139. The molecule has 0 aliphatic carbocycles. The molecule has 2 aromatic carbocycles. The molecule has 5 atom stereocenters. The van der Waals surface area contributed by atoms with Crippen LogP contribution in [0.3, 0.4) is 0 Å². The summed E-state index contributed by atoms with van der Waals surface area (Å²) in [6.45, 7) is 8.31. The van der Waals surface area contributed by atoms with Crippen LogP contribution < -0.4 is 60.0 Å². The zero-order valence-electron chi connectivity index (χ0n) is 40.5. The molecule has 0 spiro atoms. The van der Waals surface area contributed by atoms with Crippen molar-refractivity contribution in [1.29, 1.82) is 0 Å². The van der Waals surface area contributed by atoms with Crippen LogP contribution in [-0.2, 0) is 56.0 Å². The number of carbonyl (C=O) groups excluding carboxylic acids is 9. The Bertz CT molecular complexity index is 2030. The van der Waals surface area contributed by atoms with Gasteiger partial charge in [-0.2, -0.15) is 0 Å². The van der Waals surface area contributed by atoms with Gasteiger partial charge < -0.3 is 54.0 Å². The third kappa shape index (κ3) is 24.0. The van der Waals surface area contributed by atoms with Gasteiger partial charge >= 0.3 is 0 Å². The number of aryl methyl sites for hydroxylation is 1. The summed E-state index contributed by atoms with van der Waals surface area (Å²) < 4.78 is 0. The van der Waals surface area contributed by atoms with Gasteiger partial charge in [-0.05, 0) is 94.9 Å². The molecule has 0 saturated heterocycles. The number of guanidine groups is 1. The maximum absolute atomic E-state index is 14.0. The van der Waals surface area contributed by atoms with E-state index in [0.717, 1.165) is 18.4 Å². The van der Waals surface area contributed by atoms with Crippen molar-refractivity contribution in [2.45, 2.75) is 135 Å². The van der Waals surface area contributed by atoms with E-state index in [-0.39, 0.29) is 49.4 Å². The number of rotatable bonds is 30. The Hall–Kier alpha value is -7.10. The molecule has 2 aromatic rings. The number of aliphatic imine (C=N–C) groups is 1. The predicted octanol–water partition coefficient (Wildman–Crippen LogP) is -0.347. The monoisotopic (exact) mass is 964 g/mol. The highest BCUT2D eigenvalue weighted by Gasteiger charge is 2.29. The Morgan fingerprint density at radius 2 is 1.35 bits per heavy atom. The first-order valence-electron chi connectivity index (χ1n) is 23.3. The highest BCUT2D eigenvalue weighted by Crippen LogP contribution is 2.14. The van der Waals surface area contributed by atoms with Gasteiger partial charge in [-0.3, -0.25) is 59.0 Å². The number of unbranched alkanes of at least 4 members (excludes halogenated alkanes) is 3. The van der Waals surface area contributed by atoms with Crippen LogP contribution in [0.5, 0.6) is 0 Å². The van der Waals surface area contributed by atoms with Gasteiger partial charge in [-0.15, -0.1) is 0 Å². The first-order chi connectivity index (χ1) is 32.8. The summed E-state index contributed by atoms with van der Waals surface area (Å²) in [4.78, 5) is 120. The fourth-order valence-electron chi connectivity index (χ4n) is 6.84. The minimum absolute atomic E-state index is 0.0845. The van der Waals surface area contributed by atoms with Crippen LogP contribution in [-0.4, -0.2) is 120 Å². The Kier molecular flexibility index (Phi) is 26.7. The van der Waals surface area contributed by atoms with Gasteiger partial charge in [0.05, 0.1) is 12.6 Å². The third-order valence-corrected chi connectivity index (χ3v) is 10.7. The highest BCUT2D eigenvalue weighted by molar-refractivity contribution is 5.99. The number of nitrogens with zero attached hydrogens (tertiary/aromatic N) is 2. The van der Waals surface area contributed by atoms with E-state index in [1.807, 2.05) is 37.3 Å². The van der Waals surface area contributed by atoms with Crippen LogP contribution in [0.2, 0.25) is 0 Å². The molecule has 22 heteroatoms. The molecular formula is C47H73N13O9. The average Bonchev–Trinajstić information content (AvgIpc) is 3.31. The molecule has 2 rings (SSSR count). The van der Waals surface area contributed by atoms with Gasteiger partial charge in [0.15, 0.2) is 5.96 Å². The fraction of sp³-hybridized carbons (Fsp3) is 0.532. The number of hydrogen-bond donors (Lipinski definition) is 11. The first kappa shape index (κ1) is 58.0. The van der Waals surface area contributed by atoms with Crippen molar-refractivity contribution in [3.05, 3.63) is 65.7 Å². The average molecular weight is 964 g/mol. The highest BCUT2D eigenvalue weighted by atomic mass is 16.2. The maximum atomic E-state index is 14.0. The predicted molar refractivity (Wildman–Crippen MR) is 261 cm³/mol. The summed E-state index contributed by atoms with van der Waals surface area (Å²) in [6, 6.07) is 10.7. The van der Waals surface area contributed by atoms with Crippen LogP contribution in [0, 0.1) is 0 Å². The van der Waals surface area contributed by atoms with Crippen molar-refractivity contribution >= 4 is 64.8 Å². The lowest BCUT2D eigenvalue weighted by Gasteiger charge is -2.28. The van der Waals surface area contributed by atoms with E-state index in [0.29, 0.717) is 63.0 Å². The van der Waals surface area contributed by atoms with Crippen LogP contribution in [0.25, 0.3) is 0 Å². The second-order valence-electron chi connectivity index (χ2n) is 16.7. The van der Waals surface area contributed by atoms with Gasteiger partial charge in [0.1, 0.15) is 24.2 Å². The zero-order valence-corrected chi connectivity index (χ0v) is 40.5. The fourth-order valence-corrected chi connectivity index (χ4v) is 6.84. The van der Waals surface area contributed by atoms with Crippen molar-refractivity contribution < 1.29 is 43.2 Å². The maximum Gasteiger partial charge on any atom is 0.255 e. The van der Waals surface area contributed by atoms with Crippen molar-refractivity contribution in [3.63, 3.8) is 0 Å². The number of carbonyl (C=O) groups is 9. The Balaban J connectivity index is 2.10. The summed E-state index contributed by atoms with van der Waals surface area (Å²) in [7, 11) is 0. The normalized spacial score (nSPS) is 12.8. The molecule has 0 aliphatic heterocycles. The van der Waals surface area contributed by atoms with Crippen molar-refractivity contribution in [3.8, 4) is 0 Å². The zero-order chi connectivity index (χ0) is 51.3. The molecular weight excluding hydrogens is 891 g/mol. The summed E-state index contributed by atoms with van der Waals surface area (Å²) in [5.41, 5.74) is 23.7. The van der Waals surface area contributed by atoms with E-state index in [9.17, 15) is 43.2 Å². The third-order valence-electron chi connectivity index (χ3n) is 10.7. The number of hydrogen-bond acceptors (Lipinski definition) is 11. The van der Waals surface area contributed by atoms with E-state index in [1.54, 1.807) is 31.2 Å². The largest absolute Gasteiger partial charge is 0.370 e. The standard InChI is InChI=1S/C47H73N13O9/c1-6-27-60(33(5)62)31(3)43(66)54-30(2)42(65)53-29-41(64)56-39(24-21-34-15-9-7-10-16-34)46(69)57-38(17-12-14-26-52-47(49)50)45(68)55-36-22-19-35(20-23-36)28-37(48)44(67)59-58-40(63)18-11-8-13-25-51-32(4)61/h7,9-10,15-16,19-20,22-23,30-31,37-39H,6,8,11-14,17-18,21,24-29,48H2,1-5H3,(H,51,61)(H,53,65)(H,54,66)(H,55,68)(H,56,64)(H,57,69)(H,58,63)(H,59,67)(H4,49,50,52)/t30-,31-,37+,38-,39-/m0/s1. The van der Waals surface area contributed by atoms with E-state index >= 15 is 0 Å². The van der Waals surface area contributed by atoms with E-state index < -0.39 is 72.2 Å². The summed E-state index contributed by atoms with van der Waals surface area (Å²) in [6.07, 6.45) is 4.58. The topological polar surface area (TPSA) is 344 Å². The second kappa shape index (κ2) is 31.8. The number of nitrogens with two attached hydrogens (primary N) is 3. The van der Waals surface area contributed by atoms with Gasteiger partial charge in [0.2, 0.25) is 47.3 Å². The summed E-state index contributed by atoms with van der Waals surface area (Å²) in [5, 5.41) is 16.0. The van der Waals surface area contributed by atoms with Crippen LogP contribution >= 0.6 is 0 Å². The lowest BCUT2D eigenvalue weighted by atomic mass is 10.0. The number of anilines is 1. The molecule has 0 aromatic heterocycles. The molecule has 69 heavy (non-hydrogen) atoms. The molecule has 0 unspecified atom stereocenters. The number of benzene rings is 2. The summed E-state index contributed by atoms with van der Waals surface area (Å²) >= 11 is 0. The first-order valence-corrected chi connectivity index (χ1v) is 23.3. The van der Waals surface area contributed by atoms with Gasteiger partial charge in [-0.25, -0.2) is 0 Å². The lowest BCUT2D eigenvalue weighted by Crippen LogP contribution is -2.55. The quantitative estimate of drug-likeness (QED) is 0.0207.